The molecule has 0 atom stereocenters. The van der Waals surface area contributed by atoms with E-state index in [0.29, 0.717) is 6.61 Å². The van der Waals surface area contributed by atoms with Gasteiger partial charge in [0.05, 0.1) is 13.2 Å². The Kier molecular flexibility index (Phi) is 4.77. The van der Waals surface area contributed by atoms with Crippen LogP contribution in [0.2, 0.25) is 0 Å². The summed E-state index contributed by atoms with van der Waals surface area (Å²) < 4.78 is 5.43. The molecule has 104 valence electrons. The molecule has 0 saturated heterocycles. The fourth-order valence-corrected chi connectivity index (χ4v) is 1.89. The molecule has 0 bridgehead atoms. The van der Waals surface area contributed by atoms with Crippen molar-refractivity contribution in [1.82, 2.24) is 0 Å². The third-order valence-corrected chi connectivity index (χ3v) is 2.97. The topological polar surface area (TPSA) is 38.3 Å². The smallest absolute Gasteiger partial charge is 0.181 e. The van der Waals surface area contributed by atoms with E-state index in [0.717, 1.165) is 22.6 Å². The number of carbonyl (C=O) groups is 1. The summed E-state index contributed by atoms with van der Waals surface area (Å²) in [5, 5.41) is 3.13. The minimum absolute atomic E-state index is 0.0758. The summed E-state index contributed by atoms with van der Waals surface area (Å²) in [5.74, 6) is 0.882. The van der Waals surface area contributed by atoms with Crippen LogP contribution in [-0.4, -0.2) is 18.9 Å². The molecule has 2 aromatic rings. The standard InChI is InChI=1S/C17H19NO2/c1-3-20-16-6-4-5-15(11-16)18-12-17(19)14-9-7-13(2)8-10-14/h4-11,18H,3,12H2,1-2H3. The molecule has 0 amide bonds. The zero-order chi connectivity index (χ0) is 14.4. The maximum atomic E-state index is 12.0. The van der Waals surface area contributed by atoms with E-state index in [-0.39, 0.29) is 12.3 Å². The number of ether oxygens (including phenoxy) is 1. The fourth-order valence-electron chi connectivity index (χ4n) is 1.89. The van der Waals surface area contributed by atoms with Crippen molar-refractivity contribution >= 4 is 11.5 Å². The van der Waals surface area contributed by atoms with E-state index < -0.39 is 0 Å². The number of Topliss-reactive ketones (excluding diaryl/α,β-unsaturated/α-hetero) is 1. The number of nitrogens with one attached hydrogen (secondary N) is 1. The van der Waals surface area contributed by atoms with Gasteiger partial charge in [0.15, 0.2) is 5.78 Å². The molecule has 1 N–H and O–H groups in total. The van der Waals surface area contributed by atoms with Crippen LogP contribution in [0.1, 0.15) is 22.8 Å². The normalized spacial score (nSPS) is 10.1. The van der Waals surface area contributed by atoms with E-state index >= 15 is 0 Å². The highest BCUT2D eigenvalue weighted by Crippen LogP contribution is 2.17. The maximum absolute atomic E-state index is 12.0. The second-order valence-electron chi connectivity index (χ2n) is 4.60. The largest absolute Gasteiger partial charge is 0.494 e. The molecule has 0 radical (unpaired) electrons. The first-order valence-corrected chi connectivity index (χ1v) is 6.75. The van der Waals surface area contributed by atoms with Crippen LogP contribution in [-0.2, 0) is 0 Å². The summed E-state index contributed by atoms with van der Waals surface area (Å²) in [6, 6.07) is 15.2. The molecule has 3 nitrogen and oxygen atoms in total. The van der Waals surface area contributed by atoms with Crippen molar-refractivity contribution < 1.29 is 9.53 Å². The Bertz CT molecular complexity index is 576. The fraction of sp³-hybridized carbons (Fsp3) is 0.235. The molecule has 0 aliphatic heterocycles. The molecule has 0 aromatic heterocycles. The molecule has 0 heterocycles. The Balaban J connectivity index is 1.96. The van der Waals surface area contributed by atoms with Gasteiger partial charge in [-0.25, -0.2) is 0 Å². The van der Waals surface area contributed by atoms with E-state index in [1.54, 1.807) is 0 Å². The molecule has 0 fully saturated rings. The lowest BCUT2D eigenvalue weighted by Crippen LogP contribution is -2.13. The van der Waals surface area contributed by atoms with Crippen molar-refractivity contribution in [2.45, 2.75) is 13.8 Å². The summed E-state index contributed by atoms with van der Waals surface area (Å²) in [7, 11) is 0. The summed E-state index contributed by atoms with van der Waals surface area (Å²) >= 11 is 0. The molecule has 20 heavy (non-hydrogen) atoms. The van der Waals surface area contributed by atoms with E-state index in [2.05, 4.69) is 5.32 Å². The van der Waals surface area contributed by atoms with Gasteiger partial charge in [-0.3, -0.25) is 4.79 Å². The molecule has 0 aliphatic rings. The average Bonchev–Trinajstić information content (AvgIpc) is 2.46. The van der Waals surface area contributed by atoms with Gasteiger partial charge in [-0.15, -0.1) is 0 Å². The second-order valence-corrected chi connectivity index (χ2v) is 4.60. The van der Waals surface area contributed by atoms with Crippen molar-refractivity contribution in [3.63, 3.8) is 0 Å². The van der Waals surface area contributed by atoms with Crippen molar-refractivity contribution in [2.24, 2.45) is 0 Å². The molecule has 0 spiro atoms. The molecule has 0 aliphatic carbocycles. The Morgan fingerprint density at radius 2 is 1.90 bits per heavy atom. The van der Waals surface area contributed by atoms with Gasteiger partial charge in [-0.1, -0.05) is 35.9 Å². The van der Waals surface area contributed by atoms with Crippen LogP contribution in [0.5, 0.6) is 5.75 Å². The Morgan fingerprint density at radius 1 is 1.15 bits per heavy atom. The lowest BCUT2D eigenvalue weighted by molar-refractivity contribution is 0.101. The first-order chi connectivity index (χ1) is 9.69. The van der Waals surface area contributed by atoms with Crippen LogP contribution >= 0.6 is 0 Å². The summed E-state index contributed by atoms with van der Waals surface area (Å²) in [5.41, 5.74) is 2.76. The molecule has 0 saturated carbocycles. The lowest BCUT2D eigenvalue weighted by atomic mass is 10.1. The van der Waals surface area contributed by atoms with Gasteiger partial charge in [0.2, 0.25) is 0 Å². The highest BCUT2D eigenvalue weighted by molar-refractivity contribution is 5.99. The van der Waals surface area contributed by atoms with Crippen LogP contribution in [0.4, 0.5) is 5.69 Å². The van der Waals surface area contributed by atoms with E-state index in [9.17, 15) is 4.79 Å². The second kappa shape index (κ2) is 6.75. The predicted molar refractivity (Wildman–Crippen MR) is 81.6 cm³/mol. The van der Waals surface area contributed by atoms with Crippen LogP contribution < -0.4 is 10.1 Å². The van der Waals surface area contributed by atoms with E-state index in [1.165, 1.54) is 0 Å². The SMILES string of the molecule is CCOc1cccc(NCC(=O)c2ccc(C)cc2)c1. The monoisotopic (exact) mass is 269 g/mol. The molecule has 3 heteroatoms. The zero-order valence-electron chi connectivity index (χ0n) is 11.8. The number of rotatable bonds is 6. The number of ketones is 1. The number of anilines is 1. The Labute approximate surface area is 119 Å². The molecular weight excluding hydrogens is 250 g/mol. The highest BCUT2D eigenvalue weighted by Gasteiger charge is 2.05. The van der Waals surface area contributed by atoms with Crippen molar-refractivity contribution in [3.05, 3.63) is 59.7 Å². The number of aryl methyl sites for hydroxylation is 1. The number of hydrogen-bond donors (Lipinski definition) is 1. The Morgan fingerprint density at radius 3 is 2.60 bits per heavy atom. The quantitative estimate of drug-likeness (QED) is 0.813. The van der Waals surface area contributed by atoms with Crippen LogP contribution in [0, 0.1) is 6.92 Å². The first-order valence-electron chi connectivity index (χ1n) is 6.75. The summed E-state index contributed by atoms with van der Waals surface area (Å²) in [6.07, 6.45) is 0. The van der Waals surface area contributed by atoms with Gasteiger partial charge in [-0.05, 0) is 26.0 Å². The molecule has 2 rings (SSSR count). The van der Waals surface area contributed by atoms with Crippen molar-refractivity contribution in [3.8, 4) is 5.75 Å². The van der Waals surface area contributed by atoms with Crippen LogP contribution in [0.25, 0.3) is 0 Å². The van der Waals surface area contributed by atoms with Gasteiger partial charge in [0, 0.05) is 17.3 Å². The molecule has 0 unspecified atom stereocenters. The van der Waals surface area contributed by atoms with Gasteiger partial charge < -0.3 is 10.1 Å². The molecule has 2 aromatic carbocycles. The van der Waals surface area contributed by atoms with Gasteiger partial charge in [0.1, 0.15) is 5.75 Å². The average molecular weight is 269 g/mol. The predicted octanol–water partition coefficient (Wildman–Crippen LogP) is 3.69. The third-order valence-electron chi connectivity index (χ3n) is 2.97. The van der Waals surface area contributed by atoms with Crippen LogP contribution in [0.3, 0.4) is 0 Å². The maximum Gasteiger partial charge on any atom is 0.181 e. The minimum atomic E-state index is 0.0758. The molecular formula is C17H19NO2. The lowest BCUT2D eigenvalue weighted by Gasteiger charge is -2.08. The van der Waals surface area contributed by atoms with E-state index in [4.69, 9.17) is 4.74 Å². The summed E-state index contributed by atoms with van der Waals surface area (Å²) in [4.78, 5) is 12.0. The van der Waals surface area contributed by atoms with E-state index in [1.807, 2.05) is 62.4 Å². The van der Waals surface area contributed by atoms with Gasteiger partial charge in [0.25, 0.3) is 0 Å². The van der Waals surface area contributed by atoms with Crippen molar-refractivity contribution in [1.29, 1.82) is 0 Å². The van der Waals surface area contributed by atoms with Gasteiger partial charge >= 0.3 is 0 Å². The number of benzene rings is 2. The van der Waals surface area contributed by atoms with Crippen molar-refractivity contribution in [2.75, 3.05) is 18.5 Å². The Hall–Kier alpha value is -2.29. The minimum Gasteiger partial charge on any atom is -0.494 e. The van der Waals surface area contributed by atoms with Crippen LogP contribution in [0.15, 0.2) is 48.5 Å². The van der Waals surface area contributed by atoms with Gasteiger partial charge in [-0.2, -0.15) is 0 Å². The number of hydrogen-bond acceptors (Lipinski definition) is 3. The third kappa shape index (κ3) is 3.85. The highest BCUT2D eigenvalue weighted by atomic mass is 16.5. The summed E-state index contributed by atoms with van der Waals surface area (Å²) in [6.45, 7) is 4.86. The zero-order valence-corrected chi connectivity index (χ0v) is 11.8. The number of carbonyl (C=O) groups excluding carboxylic acids is 1. The first kappa shape index (κ1) is 14.1.